The minimum absolute atomic E-state index is 0. The molecule has 3 rings (SSSR count). The number of halogens is 2. The van der Waals surface area contributed by atoms with Gasteiger partial charge in [-0.3, -0.25) is 9.89 Å². The Morgan fingerprint density at radius 2 is 1.93 bits per heavy atom. The Bertz CT molecular complexity index is 664. The summed E-state index contributed by atoms with van der Waals surface area (Å²) in [4.78, 5) is 7.54. The fourth-order valence-electron chi connectivity index (χ4n) is 4.12. The van der Waals surface area contributed by atoms with Crippen LogP contribution in [0.25, 0.3) is 0 Å². The van der Waals surface area contributed by atoms with Crippen LogP contribution in [-0.2, 0) is 4.74 Å². The number of rotatable bonds is 8. The molecular formula is C22H36FIN4O2. The maximum absolute atomic E-state index is 13.8. The van der Waals surface area contributed by atoms with Gasteiger partial charge in [0.15, 0.2) is 17.5 Å². The highest BCUT2D eigenvalue weighted by Gasteiger charge is 2.39. The molecule has 0 amide bonds. The van der Waals surface area contributed by atoms with Crippen LogP contribution in [0.3, 0.4) is 0 Å². The number of hydrogen-bond acceptors (Lipinski definition) is 4. The zero-order valence-corrected chi connectivity index (χ0v) is 20.5. The lowest BCUT2D eigenvalue weighted by atomic mass is 9.88. The minimum Gasteiger partial charge on any atom is -0.486 e. The van der Waals surface area contributed by atoms with E-state index in [2.05, 4.69) is 22.5 Å². The first-order valence-corrected chi connectivity index (χ1v) is 10.9. The Labute approximate surface area is 197 Å². The van der Waals surface area contributed by atoms with Crippen LogP contribution in [-0.4, -0.2) is 68.4 Å². The van der Waals surface area contributed by atoms with Gasteiger partial charge in [0, 0.05) is 25.3 Å². The van der Waals surface area contributed by atoms with E-state index in [1.54, 1.807) is 18.2 Å². The van der Waals surface area contributed by atoms with Crippen LogP contribution in [0.5, 0.6) is 5.75 Å². The van der Waals surface area contributed by atoms with Gasteiger partial charge in [0.2, 0.25) is 0 Å². The van der Waals surface area contributed by atoms with Crippen molar-refractivity contribution in [3.05, 3.63) is 30.1 Å². The minimum atomic E-state index is -0.341. The number of nitrogens with zero attached hydrogens (tertiary/aromatic N) is 2. The van der Waals surface area contributed by atoms with E-state index >= 15 is 0 Å². The number of para-hydroxylation sites is 1. The highest BCUT2D eigenvalue weighted by Crippen LogP contribution is 2.31. The molecule has 1 aromatic rings. The molecule has 30 heavy (non-hydrogen) atoms. The lowest BCUT2D eigenvalue weighted by Crippen LogP contribution is -2.54. The Morgan fingerprint density at radius 3 is 2.60 bits per heavy atom. The molecule has 2 aliphatic rings. The monoisotopic (exact) mass is 534 g/mol. The molecule has 1 atom stereocenters. The van der Waals surface area contributed by atoms with Crippen molar-refractivity contribution in [1.29, 1.82) is 0 Å². The summed E-state index contributed by atoms with van der Waals surface area (Å²) in [5, 5.41) is 6.67. The van der Waals surface area contributed by atoms with Gasteiger partial charge in [-0.15, -0.1) is 24.0 Å². The quantitative estimate of drug-likeness (QED) is 0.304. The second kappa shape index (κ2) is 12.7. The summed E-state index contributed by atoms with van der Waals surface area (Å²) in [6.07, 6.45) is 4.42. The van der Waals surface area contributed by atoms with Crippen LogP contribution in [0.15, 0.2) is 29.3 Å². The standard InChI is InChI=1S/C22H35FN4O2.HI/c1-3-24-21(25-16-18(2)29-20-9-5-4-8-19(20)23)26-17-22(10-14-28-15-11-22)27-12-6-7-13-27;/h4-5,8-9,18H,3,6-7,10-17H2,1-2H3,(H2,24,25,26);1H. The van der Waals surface area contributed by atoms with Gasteiger partial charge in [-0.05, 0) is 64.8 Å². The van der Waals surface area contributed by atoms with Crippen LogP contribution >= 0.6 is 24.0 Å². The van der Waals surface area contributed by atoms with Crippen molar-refractivity contribution in [3.8, 4) is 5.75 Å². The largest absolute Gasteiger partial charge is 0.486 e. The summed E-state index contributed by atoms with van der Waals surface area (Å²) in [6.45, 7) is 10.0. The fraction of sp³-hybridized carbons (Fsp3) is 0.682. The van der Waals surface area contributed by atoms with Crippen molar-refractivity contribution in [1.82, 2.24) is 15.5 Å². The van der Waals surface area contributed by atoms with E-state index in [0.717, 1.165) is 58.2 Å². The van der Waals surface area contributed by atoms with Crippen LogP contribution in [0.1, 0.15) is 39.5 Å². The number of benzene rings is 1. The molecule has 6 nitrogen and oxygen atoms in total. The van der Waals surface area contributed by atoms with Crippen molar-refractivity contribution in [2.24, 2.45) is 4.99 Å². The summed E-state index contributed by atoms with van der Waals surface area (Å²) in [5.41, 5.74) is 0.104. The molecule has 0 radical (unpaired) electrons. The summed E-state index contributed by atoms with van der Waals surface area (Å²) >= 11 is 0. The molecule has 8 heteroatoms. The summed E-state index contributed by atoms with van der Waals surface area (Å²) in [6, 6.07) is 6.49. The first-order valence-electron chi connectivity index (χ1n) is 10.9. The second-order valence-corrected chi connectivity index (χ2v) is 7.97. The SMILES string of the molecule is CCNC(=NCC1(N2CCCC2)CCOCC1)NCC(C)Oc1ccccc1F.I. The molecule has 0 bridgehead atoms. The van der Waals surface area contributed by atoms with E-state index in [4.69, 9.17) is 14.5 Å². The van der Waals surface area contributed by atoms with E-state index in [0.29, 0.717) is 6.54 Å². The van der Waals surface area contributed by atoms with E-state index in [9.17, 15) is 4.39 Å². The smallest absolute Gasteiger partial charge is 0.191 e. The molecule has 0 saturated carbocycles. The Morgan fingerprint density at radius 1 is 1.23 bits per heavy atom. The topological polar surface area (TPSA) is 58.1 Å². The summed E-state index contributed by atoms with van der Waals surface area (Å²) < 4.78 is 25.1. The van der Waals surface area contributed by atoms with E-state index in [1.165, 1.54) is 18.9 Å². The molecule has 1 aromatic carbocycles. The normalized spacial score (nSPS) is 20.3. The lowest BCUT2D eigenvalue weighted by molar-refractivity contribution is -0.0139. The Balaban J connectivity index is 0.00000320. The highest BCUT2D eigenvalue weighted by molar-refractivity contribution is 14.0. The Hall–Kier alpha value is -1.13. The number of likely N-dealkylation sites (tertiary alicyclic amines) is 1. The second-order valence-electron chi connectivity index (χ2n) is 7.97. The summed E-state index contributed by atoms with van der Waals surface area (Å²) in [7, 11) is 0. The third kappa shape index (κ3) is 6.95. The third-order valence-electron chi connectivity index (χ3n) is 5.80. The van der Waals surface area contributed by atoms with Gasteiger partial charge < -0.3 is 20.1 Å². The van der Waals surface area contributed by atoms with E-state index < -0.39 is 0 Å². The number of nitrogens with one attached hydrogen (secondary N) is 2. The number of ether oxygens (including phenoxy) is 2. The van der Waals surface area contributed by atoms with Crippen molar-refractivity contribution >= 4 is 29.9 Å². The first-order chi connectivity index (χ1) is 14.1. The average Bonchev–Trinajstić information content (AvgIpc) is 3.28. The van der Waals surface area contributed by atoms with Crippen LogP contribution in [0.2, 0.25) is 0 Å². The van der Waals surface area contributed by atoms with Gasteiger partial charge in [0.1, 0.15) is 6.10 Å². The predicted octanol–water partition coefficient (Wildman–Crippen LogP) is 3.41. The molecule has 2 N–H and O–H groups in total. The van der Waals surface area contributed by atoms with Gasteiger partial charge in [0.25, 0.3) is 0 Å². The number of guanidine groups is 1. The van der Waals surface area contributed by atoms with Crippen molar-refractivity contribution in [2.75, 3.05) is 45.9 Å². The molecule has 2 saturated heterocycles. The maximum atomic E-state index is 13.8. The molecular weight excluding hydrogens is 498 g/mol. The fourth-order valence-corrected chi connectivity index (χ4v) is 4.12. The summed E-state index contributed by atoms with van der Waals surface area (Å²) in [5.74, 6) is 0.715. The van der Waals surface area contributed by atoms with Crippen molar-refractivity contribution < 1.29 is 13.9 Å². The molecule has 2 heterocycles. The molecule has 170 valence electrons. The third-order valence-corrected chi connectivity index (χ3v) is 5.80. The van der Waals surface area contributed by atoms with Crippen LogP contribution < -0.4 is 15.4 Å². The van der Waals surface area contributed by atoms with E-state index in [1.807, 2.05) is 6.92 Å². The zero-order valence-electron chi connectivity index (χ0n) is 18.2. The molecule has 0 aromatic heterocycles. The van der Waals surface area contributed by atoms with Gasteiger partial charge in [-0.1, -0.05) is 12.1 Å². The predicted molar refractivity (Wildman–Crippen MR) is 129 cm³/mol. The van der Waals surface area contributed by atoms with Gasteiger partial charge >= 0.3 is 0 Å². The highest BCUT2D eigenvalue weighted by atomic mass is 127. The lowest BCUT2D eigenvalue weighted by Gasteiger charge is -2.43. The molecule has 0 spiro atoms. The molecule has 2 fully saturated rings. The number of aliphatic imine (C=N–C) groups is 1. The zero-order chi connectivity index (χ0) is 20.5. The van der Waals surface area contributed by atoms with E-state index in [-0.39, 0.29) is 47.2 Å². The average molecular weight is 534 g/mol. The molecule has 1 unspecified atom stereocenters. The van der Waals surface area contributed by atoms with Crippen LogP contribution in [0, 0.1) is 5.82 Å². The van der Waals surface area contributed by atoms with Gasteiger partial charge in [-0.2, -0.15) is 0 Å². The molecule has 0 aliphatic carbocycles. The maximum Gasteiger partial charge on any atom is 0.191 e. The van der Waals surface area contributed by atoms with Crippen LogP contribution in [0.4, 0.5) is 4.39 Å². The first kappa shape index (κ1) is 25.1. The van der Waals surface area contributed by atoms with Gasteiger partial charge in [0.05, 0.1) is 13.1 Å². The Kier molecular flexibility index (Phi) is 10.6. The molecule has 2 aliphatic heterocycles. The van der Waals surface area contributed by atoms with Crippen molar-refractivity contribution in [3.63, 3.8) is 0 Å². The van der Waals surface area contributed by atoms with Crippen molar-refractivity contribution in [2.45, 2.75) is 51.2 Å². The van der Waals surface area contributed by atoms with Gasteiger partial charge in [-0.25, -0.2) is 4.39 Å². The number of hydrogen-bond donors (Lipinski definition) is 2.